The second kappa shape index (κ2) is 5.50. The van der Waals surface area contributed by atoms with Crippen molar-refractivity contribution in [3.8, 4) is 0 Å². The number of rotatable bonds is 0. The number of carbonyl (C=O) groups excluding carboxylic acids is 1. The molecule has 1 aliphatic carbocycles. The zero-order valence-corrected chi connectivity index (χ0v) is 9.32. The Hall–Kier alpha value is -1.57. The van der Waals surface area contributed by atoms with Crippen LogP contribution in [0, 0.1) is 0 Å². The largest absolute Gasteiger partial charge is 0.501 e. The zero-order valence-electron chi connectivity index (χ0n) is 9.32. The molecule has 0 bridgehead atoms. The molecule has 3 rings (SSSR count). The van der Waals surface area contributed by atoms with Gasteiger partial charge in [0, 0.05) is 18.4 Å². The van der Waals surface area contributed by atoms with Gasteiger partial charge in [-0.1, -0.05) is 24.3 Å². The maximum atomic E-state index is 11.3. The van der Waals surface area contributed by atoms with Crippen LogP contribution in [0.5, 0.6) is 0 Å². The van der Waals surface area contributed by atoms with E-state index in [0.717, 1.165) is 37.9 Å². The summed E-state index contributed by atoms with van der Waals surface area (Å²) in [5.41, 5.74) is 2.17. The van der Waals surface area contributed by atoms with E-state index in [1.165, 1.54) is 5.56 Å². The van der Waals surface area contributed by atoms with E-state index in [1.807, 2.05) is 30.3 Å². The van der Waals surface area contributed by atoms with Crippen LogP contribution in [0.3, 0.4) is 0 Å². The standard InChI is InChI=1S/C10H10O.C4H6O/c11-10-7-3-5-8-4-1-2-6-9(8)10;1-2-4-5-3-1/h1-2,4,6H,3,5,7H2;1,3H,2,4H2. The zero-order chi connectivity index (χ0) is 11.2. The Labute approximate surface area is 95.9 Å². The van der Waals surface area contributed by atoms with Crippen molar-refractivity contribution < 1.29 is 9.53 Å². The molecule has 0 unspecified atom stereocenters. The lowest BCUT2D eigenvalue weighted by atomic mass is 9.91. The van der Waals surface area contributed by atoms with E-state index >= 15 is 0 Å². The van der Waals surface area contributed by atoms with Crippen LogP contribution < -0.4 is 0 Å². The molecule has 0 spiro atoms. The first kappa shape index (κ1) is 10.9. The molecule has 0 saturated heterocycles. The molecule has 2 heteroatoms. The molecular weight excluding hydrogens is 200 g/mol. The lowest BCUT2D eigenvalue weighted by molar-refractivity contribution is 0.0972. The predicted molar refractivity (Wildman–Crippen MR) is 63.4 cm³/mol. The Balaban J connectivity index is 0.000000162. The number of carbonyl (C=O) groups is 1. The average Bonchev–Trinajstić information content (AvgIpc) is 2.88. The van der Waals surface area contributed by atoms with E-state index in [-0.39, 0.29) is 0 Å². The summed E-state index contributed by atoms with van der Waals surface area (Å²) < 4.78 is 4.76. The van der Waals surface area contributed by atoms with Gasteiger partial charge in [0.25, 0.3) is 0 Å². The molecule has 0 aromatic heterocycles. The number of hydrogen-bond donors (Lipinski definition) is 0. The third-order valence-corrected chi connectivity index (χ3v) is 2.76. The number of benzene rings is 1. The molecular formula is C14H16O2. The van der Waals surface area contributed by atoms with Gasteiger partial charge in [-0.05, 0) is 24.5 Å². The molecule has 0 radical (unpaired) electrons. The van der Waals surface area contributed by atoms with Gasteiger partial charge in [0.05, 0.1) is 12.9 Å². The summed E-state index contributed by atoms with van der Waals surface area (Å²) >= 11 is 0. The molecule has 84 valence electrons. The van der Waals surface area contributed by atoms with Crippen molar-refractivity contribution >= 4 is 5.78 Å². The highest BCUT2D eigenvalue weighted by Crippen LogP contribution is 2.19. The first-order chi connectivity index (χ1) is 7.88. The topological polar surface area (TPSA) is 26.3 Å². The van der Waals surface area contributed by atoms with Crippen molar-refractivity contribution in [1.29, 1.82) is 0 Å². The van der Waals surface area contributed by atoms with Crippen LogP contribution in [0.1, 0.15) is 35.2 Å². The van der Waals surface area contributed by atoms with Crippen LogP contribution >= 0.6 is 0 Å². The Kier molecular flexibility index (Phi) is 3.76. The number of ether oxygens (including phenoxy) is 1. The van der Waals surface area contributed by atoms with Crippen molar-refractivity contribution in [3.05, 3.63) is 47.7 Å². The molecule has 0 N–H and O–H groups in total. The van der Waals surface area contributed by atoms with E-state index in [9.17, 15) is 4.79 Å². The molecule has 0 amide bonds. The Bertz CT molecular complexity index is 387. The lowest BCUT2D eigenvalue weighted by Gasteiger charge is -2.12. The second-order valence-corrected chi connectivity index (χ2v) is 3.97. The average molecular weight is 216 g/mol. The minimum absolute atomic E-state index is 0.312. The van der Waals surface area contributed by atoms with Crippen LogP contribution in [0.25, 0.3) is 0 Å². The SMILES string of the molecule is C1=COCC1.O=C1CCCc2ccccc21. The predicted octanol–water partition coefficient (Wildman–Crippen LogP) is 3.13. The minimum Gasteiger partial charge on any atom is -0.501 e. The normalized spacial score (nSPS) is 17.1. The number of aryl methyl sites for hydroxylation is 1. The third-order valence-electron chi connectivity index (χ3n) is 2.76. The highest BCUT2D eigenvalue weighted by Gasteiger charge is 2.14. The fourth-order valence-corrected chi connectivity index (χ4v) is 1.92. The van der Waals surface area contributed by atoms with Crippen LogP contribution in [-0.2, 0) is 11.2 Å². The molecule has 16 heavy (non-hydrogen) atoms. The molecule has 2 aliphatic rings. The summed E-state index contributed by atoms with van der Waals surface area (Å²) in [7, 11) is 0. The van der Waals surface area contributed by atoms with Gasteiger partial charge in [-0.25, -0.2) is 0 Å². The van der Waals surface area contributed by atoms with Crippen molar-refractivity contribution in [3.63, 3.8) is 0 Å². The van der Waals surface area contributed by atoms with Crippen molar-refractivity contribution in [1.82, 2.24) is 0 Å². The van der Waals surface area contributed by atoms with Crippen LogP contribution in [0.4, 0.5) is 0 Å². The van der Waals surface area contributed by atoms with E-state index in [2.05, 4.69) is 0 Å². The maximum Gasteiger partial charge on any atom is 0.163 e. The molecule has 2 nitrogen and oxygen atoms in total. The van der Waals surface area contributed by atoms with E-state index in [4.69, 9.17) is 4.74 Å². The quantitative estimate of drug-likeness (QED) is 0.666. The summed E-state index contributed by atoms with van der Waals surface area (Å²) in [5.74, 6) is 0.312. The minimum atomic E-state index is 0.312. The van der Waals surface area contributed by atoms with Crippen LogP contribution in [0.15, 0.2) is 36.6 Å². The number of Topliss-reactive ketones (excluding diaryl/α,β-unsaturated/α-hetero) is 1. The molecule has 0 atom stereocenters. The van der Waals surface area contributed by atoms with Gasteiger partial charge in [-0.2, -0.15) is 0 Å². The third kappa shape index (κ3) is 2.72. The second-order valence-electron chi connectivity index (χ2n) is 3.97. The van der Waals surface area contributed by atoms with Gasteiger partial charge >= 0.3 is 0 Å². The summed E-state index contributed by atoms with van der Waals surface area (Å²) in [6, 6.07) is 7.91. The van der Waals surface area contributed by atoms with Gasteiger partial charge in [0.15, 0.2) is 5.78 Å². The van der Waals surface area contributed by atoms with Gasteiger partial charge in [-0.15, -0.1) is 0 Å². The summed E-state index contributed by atoms with van der Waals surface area (Å²) in [6.07, 6.45) is 7.68. The van der Waals surface area contributed by atoms with Crippen molar-refractivity contribution in [2.24, 2.45) is 0 Å². The number of ketones is 1. The van der Waals surface area contributed by atoms with Gasteiger partial charge in [0.1, 0.15) is 0 Å². The van der Waals surface area contributed by atoms with E-state index in [1.54, 1.807) is 6.26 Å². The molecule has 1 aromatic carbocycles. The highest BCUT2D eigenvalue weighted by atomic mass is 16.5. The molecule has 1 heterocycles. The number of hydrogen-bond acceptors (Lipinski definition) is 2. The van der Waals surface area contributed by atoms with E-state index in [0.29, 0.717) is 5.78 Å². The van der Waals surface area contributed by atoms with Gasteiger partial charge in [-0.3, -0.25) is 4.79 Å². The molecule has 0 saturated carbocycles. The Morgan fingerprint density at radius 1 is 1.12 bits per heavy atom. The summed E-state index contributed by atoms with van der Waals surface area (Å²) in [6.45, 7) is 0.889. The first-order valence-electron chi connectivity index (χ1n) is 5.75. The van der Waals surface area contributed by atoms with Crippen molar-refractivity contribution in [2.75, 3.05) is 6.61 Å². The summed E-state index contributed by atoms with van der Waals surface area (Å²) in [4.78, 5) is 11.3. The fourth-order valence-electron chi connectivity index (χ4n) is 1.92. The van der Waals surface area contributed by atoms with Crippen LogP contribution in [-0.4, -0.2) is 12.4 Å². The van der Waals surface area contributed by atoms with E-state index < -0.39 is 0 Å². The smallest absolute Gasteiger partial charge is 0.163 e. The molecule has 0 fully saturated rings. The lowest BCUT2D eigenvalue weighted by Crippen LogP contribution is -2.09. The molecule has 1 aliphatic heterocycles. The van der Waals surface area contributed by atoms with Gasteiger partial charge in [0.2, 0.25) is 0 Å². The summed E-state index contributed by atoms with van der Waals surface area (Å²) in [5, 5.41) is 0. The first-order valence-corrected chi connectivity index (χ1v) is 5.75. The Morgan fingerprint density at radius 3 is 2.62 bits per heavy atom. The van der Waals surface area contributed by atoms with Crippen molar-refractivity contribution in [2.45, 2.75) is 25.7 Å². The Morgan fingerprint density at radius 2 is 2.00 bits per heavy atom. The maximum absolute atomic E-state index is 11.3. The monoisotopic (exact) mass is 216 g/mol. The fraction of sp³-hybridized carbons (Fsp3) is 0.357. The van der Waals surface area contributed by atoms with Gasteiger partial charge < -0.3 is 4.74 Å². The number of fused-ring (bicyclic) bond motifs is 1. The molecule has 1 aromatic rings. The van der Waals surface area contributed by atoms with Crippen LogP contribution in [0.2, 0.25) is 0 Å². The highest BCUT2D eigenvalue weighted by molar-refractivity contribution is 5.98.